The molecule has 0 N–H and O–H groups in total. The average molecular weight is 1430 g/mol. The first-order valence-corrected chi connectivity index (χ1v) is 33.0. The van der Waals surface area contributed by atoms with Crippen LogP contribution in [0.25, 0.3) is 32.7 Å². The zero-order chi connectivity index (χ0) is 69.8. The molecule has 30 heteroatoms. The molecule has 0 aliphatic carbocycles. The van der Waals surface area contributed by atoms with Crippen LogP contribution in [0, 0.1) is 30.3 Å². The third-order valence-electron chi connectivity index (χ3n) is 17.4. The number of methoxy groups -OCH3 is 1. The topological polar surface area (TPSA) is 275 Å². The normalized spacial score (nSPS) is 14.0. The molecule has 504 valence electrons. The van der Waals surface area contributed by atoms with Gasteiger partial charge in [0.05, 0.1) is 59.9 Å². The van der Waals surface area contributed by atoms with Crippen LogP contribution in [0.4, 0.5) is 34.1 Å². The van der Waals surface area contributed by atoms with E-state index in [4.69, 9.17) is 51.1 Å². The fourth-order valence-electron chi connectivity index (χ4n) is 12.4. The summed E-state index contributed by atoms with van der Waals surface area (Å²) in [6.45, 7) is 4.56. The quantitative estimate of drug-likeness (QED) is 0.0812. The number of rotatable bonds is 12. The Morgan fingerprint density at radius 2 is 0.898 bits per heavy atom. The van der Waals surface area contributed by atoms with Crippen molar-refractivity contribution in [2.75, 3.05) is 100 Å². The predicted molar refractivity (Wildman–Crippen MR) is 380 cm³/mol. The van der Waals surface area contributed by atoms with Crippen LogP contribution in [0.1, 0.15) is 36.0 Å². The van der Waals surface area contributed by atoms with Crippen molar-refractivity contribution in [2.45, 2.75) is 6.54 Å². The summed E-state index contributed by atoms with van der Waals surface area (Å²) < 4.78 is 9.11. The van der Waals surface area contributed by atoms with Gasteiger partial charge in [0, 0.05) is 130 Å². The molecule has 13 rings (SSSR count). The second-order valence-corrected chi connectivity index (χ2v) is 25.6. The lowest BCUT2D eigenvalue weighted by Gasteiger charge is -2.36. The average Bonchev–Trinajstić information content (AvgIpc) is 1.43. The number of hydrogen-bond acceptors (Lipinski definition) is 17. The first-order valence-electron chi connectivity index (χ1n) is 30.6. The first-order chi connectivity index (χ1) is 47.0. The molecule has 0 spiro atoms. The predicted octanol–water partition coefficient (Wildman–Crippen LogP) is 11.4. The monoisotopic (exact) mass is 1420 g/mol. The summed E-state index contributed by atoms with van der Waals surface area (Å²) in [4.78, 5) is 123. The van der Waals surface area contributed by atoms with Crippen molar-refractivity contribution < 1.29 is 33.9 Å². The molecule has 3 amide bonds. The summed E-state index contributed by atoms with van der Waals surface area (Å²) in [5.41, 5.74) is 0.933. The van der Waals surface area contributed by atoms with Gasteiger partial charge >= 0.3 is 33.7 Å². The van der Waals surface area contributed by atoms with E-state index in [0.29, 0.717) is 154 Å². The van der Waals surface area contributed by atoms with E-state index in [1.165, 1.54) is 45.2 Å². The zero-order valence-corrected chi connectivity index (χ0v) is 56.6. The molecule has 0 saturated carbocycles. The molecule has 3 aliphatic heterocycles. The van der Waals surface area contributed by atoms with Gasteiger partial charge in [-0.3, -0.25) is 63.7 Å². The molecule has 0 bridgehead atoms. The highest BCUT2D eigenvalue weighted by molar-refractivity contribution is 7.12. The van der Waals surface area contributed by atoms with Gasteiger partial charge < -0.3 is 43.3 Å². The van der Waals surface area contributed by atoms with E-state index in [-0.39, 0.29) is 40.7 Å². The van der Waals surface area contributed by atoms with Crippen molar-refractivity contribution >= 4 is 142 Å². The lowest BCUT2D eigenvalue weighted by atomic mass is 10.1. The molecular formula is C68H60Cl4N12O13S. The van der Waals surface area contributed by atoms with Crippen LogP contribution in [0.15, 0.2) is 165 Å². The second-order valence-electron chi connectivity index (χ2n) is 23.0. The maximum absolute atomic E-state index is 13.5. The number of nitro groups is 3. The number of hydrogen-bond donors (Lipinski definition) is 0. The van der Waals surface area contributed by atoms with Crippen LogP contribution in [0.3, 0.4) is 0 Å². The van der Waals surface area contributed by atoms with Crippen LogP contribution < -0.4 is 36.1 Å². The number of aromatic nitrogens is 3. The summed E-state index contributed by atoms with van der Waals surface area (Å²) in [5.74, 6) is 0.287. The third kappa shape index (κ3) is 14.1. The molecule has 3 fully saturated rings. The van der Waals surface area contributed by atoms with Gasteiger partial charge in [-0.15, -0.1) is 11.3 Å². The molecule has 4 aromatic heterocycles. The summed E-state index contributed by atoms with van der Waals surface area (Å²) in [7, 11) is 4.55. The molecule has 98 heavy (non-hydrogen) atoms. The third-order valence-corrected chi connectivity index (χ3v) is 19.4. The summed E-state index contributed by atoms with van der Waals surface area (Å²) in [6, 6.07) is 41.8. The minimum atomic E-state index is -0.700. The molecule has 0 radical (unpaired) electrons. The van der Waals surface area contributed by atoms with Crippen molar-refractivity contribution in [1.82, 2.24) is 28.4 Å². The van der Waals surface area contributed by atoms with E-state index in [1.807, 2.05) is 70.9 Å². The number of benzene rings is 6. The van der Waals surface area contributed by atoms with Crippen LogP contribution in [-0.2, 0) is 20.6 Å². The first kappa shape index (κ1) is 69.0. The summed E-state index contributed by atoms with van der Waals surface area (Å²) in [6.07, 6.45) is 0. The van der Waals surface area contributed by atoms with Gasteiger partial charge in [0.25, 0.3) is 17.7 Å². The van der Waals surface area contributed by atoms with Gasteiger partial charge in [-0.25, -0.2) is 0 Å². The van der Waals surface area contributed by atoms with Crippen molar-refractivity contribution in [3.05, 3.63) is 254 Å². The smallest absolute Gasteiger partial charge is 0.357 e. The highest BCUT2D eigenvalue weighted by Gasteiger charge is 2.36. The maximum atomic E-state index is 13.5. The number of aryl methyl sites for hydroxylation is 2. The van der Waals surface area contributed by atoms with E-state index < -0.39 is 48.5 Å². The minimum absolute atomic E-state index is 0.0349. The molecule has 7 heterocycles. The number of fused-ring (bicyclic) bond motifs is 3. The number of halogens is 4. The number of anilines is 3. The highest BCUT2D eigenvalue weighted by atomic mass is 35.5. The molecule has 0 atom stereocenters. The van der Waals surface area contributed by atoms with Gasteiger partial charge in [0.15, 0.2) is 0 Å². The van der Waals surface area contributed by atoms with Crippen molar-refractivity contribution in [1.29, 1.82) is 0 Å². The van der Waals surface area contributed by atoms with Gasteiger partial charge in [0.1, 0.15) is 22.8 Å². The number of carbonyl (C=O) groups excluding carboxylic acids is 3. The minimum Gasteiger partial charge on any atom is -0.497 e. The van der Waals surface area contributed by atoms with Crippen molar-refractivity contribution in [3.63, 3.8) is 0 Å². The number of ether oxygens (including phenoxy) is 1. The number of pyridine rings is 3. The SMILES string of the molecule is COc1ccc(C(=O)N2CCN(c3c([N+](=O)[O-])c(=O)n(C)c4ccc(Cl)cc34)CC2)cc1.Cn1c(=O)c([N+](=O)[O-])c(N2CCN(C(=O)c3ccc(Cl)c(Cl)c3)CC2)c2cc(Cl)ccc21.O=C(c1cccs1)N1CCN(c2c([N+](=O)[O-])c(=O)n(Cc3ccccc3)c3ccccc23)CC1. The number of amides is 3. The number of carbonyl (C=O) groups is 3. The van der Waals surface area contributed by atoms with Gasteiger partial charge in [-0.05, 0) is 102 Å². The van der Waals surface area contributed by atoms with Crippen LogP contribution >= 0.6 is 57.7 Å². The maximum Gasteiger partial charge on any atom is 0.357 e. The summed E-state index contributed by atoms with van der Waals surface area (Å²) >= 11 is 25.7. The van der Waals surface area contributed by atoms with Crippen LogP contribution in [0.2, 0.25) is 20.1 Å². The largest absolute Gasteiger partial charge is 0.497 e. The van der Waals surface area contributed by atoms with Gasteiger partial charge in [0.2, 0.25) is 0 Å². The van der Waals surface area contributed by atoms with Gasteiger partial charge in [-0.1, -0.05) is 101 Å². The molecule has 25 nitrogen and oxygen atoms in total. The molecule has 10 aromatic rings. The molecule has 3 aliphatic rings. The standard InChI is InChI=1S/C25H22N4O4S.C22H21ClN4O5.C21H17Cl3N4O4/c30-24(21-11-6-16-34-21)27-14-12-26(13-15-27)22-19-9-4-5-10-20(19)28(25(31)23(22)29(32)33)17-18-7-2-1-3-8-18;1-24-18-8-5-15(23)13-17(18)19(20(22(24)29)27(30)31)25-9-11-26(12-10-25)21(28)14-3-6-16(32-2)7-4-14;1-25-17-5-3-13(22)11-14(17)18(19(21(25)30)28(31)32)26-6-8-27(9-7-26)20(29)12-2-4-15(23)16(24)10-12/h1-11,16H,12-15,17H2;3-8,13H,9-12H2,1-2H3;2-5,10-11H,6-9H2,1H3. The Morgan fingerprint density at radius 3 is 1.36 bits per heavy atom. The molecule has 0 unspecified atom stereocenters. The highest BCUT2D eigenvalue weighted by Crippen LogP contribution is 2.39. The van der Waals surface area contributed by atoms with Crippen molar-refractivity contribution in [2.24, 2.45) is 14.1 Å². The Bertz CT molecular complexity index is 4980. The van der Waals surface area contributed by atoms with Crippen LogP contribution in [0.5, 0.6) is 5.75 Å². The van der Waals surface area contributed by atoms with E-state index in [1.54, 1.807) is 110 Å². The van der Waals surface area contributed by atoms with E-state index in [9.17, 15) is 59.1 Å². The Kier molecular flexibility index (Phi) is 20.8. The number of nitrogens with zero attached hydrogens (tertiary/aromatic N) is 12. The Balaban J connectivity index is 0.000000149. The van der Waals surface area contributed by atoms with E-state index in [2.05, 4.69) is 0 Å². The zero-order valence-electron chi connectivity index (χ0n) is 52.7. The van der Waals surface area contributed by atoms with Crippen molar-refractivity contribution in [3.8, 4) is 5.75 Å². The lowest BCUT2D eigenvalue weighted by Crippen LogP contribution is -2.49. The summed E-state index contributed by atoms with van der Waals surface area (Å²) in [5, 5.41) is 40.8. The van der Waals surface area contributed by atoms with E-state index >= 15 is 0 Å². The fraction of sp³-hybridized carbons (Fsp3) is 0.235. The van der Waals surface area contributed by atoms with Crippen LogP contribution in [-0.4, -0.2) is 147 Å². The molecular weight excluding hydrogens is 1370 g/mol. The second kappa shape index (κ2) is 29.5. The van der Waals surface area contributed by atoms with Gasteiger partial charge in [-0.2, -0.15) is 0 Å². The van der Waals surface area contributed by atoms with E-state index in [0.717, 1.165) is 5.56 Å². The number of thiophene rings is 1. The molecule has 6 aromatic carbocycles. The number of para-hydroxylation sites is 1. The fourth-order valence-corrected chi connectivity index (χ4v) is 13.7. The Hall–Kier alpha value is -10.4. The Labute approximate surface area is 581 Å². The Morgan fingerprint density at radius 1 is 0.459 bits per heavy atom. The molecule has 3 saturated heterocycles. The lowest BCUT2D eigenvalue weighted by molar-refractivity contribution is -0.385. The number of piperazine rings is 3.